The monoisotopic (exact) mass is 260 g/mol. The average Bonchev–Trinajstić information content (AvgIpc) is 2.46. The standard InChI is InChI=1S/C15H20N2O2/c1-19-14-6-5-10(9-16-14)15(18)11-7-12-3-2-4-13(8-11)17-12/h5-6,9,11-13,17H,2-4,7-8H2,1H3. The summed E-state index contributed by atoms with van der Waals surface area (Å²) in [6.45, 7) is 0. The van der Waals surface area contributed by atoms with Gasteiger partial charge in [-0.1, -0.05) is 6.42 Å². The molecule has 1 aromatic heterocycles. The van der Waals surface area contributed by atoms with Gasteiger partial charge in [-0.3, -0.25) is 4.79 Å². The smallest absolute Gasteiger partial charge is 0.212 e. The summed E-state index contributed by atoms with van der Waals surface area (Å²) in [5.74, 6) is 0.957. The third kappa shape index (κ3) is 2.63. The Kier molecular flexibility index (Phi) is 3.51. The van der Waals surface area contributed by atoms with E-state index in [0.717, 1.165) is 12.8 Å². The highest BCUT2D eigenvalue weighted by Gasteiger charge is 2.34. The minimum absolute atomic E-state index is 0.159. The number of ketones is 1. The molecule has 2 fully saturated rings. The Hall–Kier alpha value is -1.42. The molecule has 0 saturated carbocycles. The fourth-order valence-electron chi connectivity index (χ4n) is 3.36. The molecule has 2 atom stereocenters. The first kappa shape index (κ1) is 12.6. The van der Waals surface area contributed by atoms with Crippen LogP contribution >= 0.6 is 0 Å². The normalized spacial score (nSPS) is 29.8. The molecule has 2 aliphatic heterocycles. The quantitative estimate of drug-likeness (QED) is 0.846. The summed E-state index contributed by atoms with van der Waals surface area (Å²) in [4.78, 5) is 16.6. The van der Waals surface area contributed by atoms with E-state index in [1.807, 2.05) is 6.07 Å². The average molecular weight is 260 g/mol. The van der Waals surface area contributed by atoms with Crippen molar-refractivity contribution in [3.05, 3.63) is 23.9 Å². The van der Waals surface area contributed by atoms with Crippen molar-refractivity contribution in [2.24, 2.45) is 5.92 Å². The van der Waals surface area contributed by atoms with Crippen molar-refractivity contribution in [3.8, 4) is 5.88 Å². The molecule has 0 spiro atoms. The molecule has 4 nitrogen and oxygen atoms in total. The Balaban J connectivity index is 1.72. The minimum Gasteiger partial charge on any atom is -0.481 e. The lowest BCUT2D eigenvalue weighted by atomic mass is 9.77. The van der Waals surface area contributed by atoms with Gasteiger partial charge in [0, 0.05) is 35.8 Å². The topological polar surface area (TPSA) is 51.2 Å². The first-order valence-corrected chi connectivity index (χ1v) is 7.06. The van der Waals surface area contributed by atoms with Gasteiger partial charge < -0.3 is 10.1 Å². The summed E-state index contributed by atoms with van der Waals surface area (Å²) in [5.41, 5.74) is 0.714. The third-order valence-electron chi connectivity index (χ3n) is 4.32. The number of methoxy groups -OCH3 is 1. The molecule has 3 rings (SSSR count). The number of rotatable bonds is 3. The largest absolute Gasteiger partial charge is 0.481 e. The van der Waals surface area contributed by atoms with E-state index in [-0.39, 0.29) is 11.7 Å². The number of ether oxygens (including phenoxy) is 1. The zero-order chi connectivity index (χ0) is 13.2. The summed E-state index contributed by atoms with van der Waals surface area (Å²) in [5, 5.41) is 3.62. The summed E-state index contributed by atoms with van der Waals surface area (Å²) < 4.78 is 5.02. The number of carbonyl (C=O) groups excluding carboxylic acids is 1. The zero-order valence-corrected chi connectivity index (χ0v) is 11.3. The van der Waals surface area contributed by atoms with Gasteiger partial charge in [-0.2, -0.15) is 0 Å². The summed E-state index contributed by atoms with van der Waals surface area (Å²) in [6.07, 6.45) is 7.30. The first-order valence-electron chi connectivity index (χ1n) is 7.06. The van der Waals surface area contributed by atoms with E-state index < -0.39 is 0 Å². The second kappa shape index (κ2) is 5.29. The highest BCUT2D eigenvalue weighted by molar-refractivity contribution is 5.97. The number of hydrogen-bond acceptors (Lipinski definition) is 4. The highest BCUT2D eigenvalue weighted by Crippen LogP contribution is 2.31. The predicted octanol–water partition coefficient (Wildman–Crippen LogP) is 2.19. The summed E-state index contributed by atoms with van der Waals surface area (Å²) in [6, 6.07) is 4.65. The van der Waals surface area contributed by atoms with Crippen molar-refractivity contribution in [2.75, 3.05) is 7.11 Å². The van der Waals surface area contributed by atoms with E-state index in [9.17, 15) is 4.79 Å². The van der Waals surface area contributed by atoms with E-state index in [1.54, 1.807) is 19.4 Å². The van der Waals surface area contributed by atoms with Crippen molar-refractivity contribution in [1.29, 1.82) is 0 Å². The Morgan fingerprint density at radius 3 is 2.63 bits per heavy atom. The van der Waals surface area contributed by atoms with Gasteiger partial charge in [0.25, 0.3) is 0 Å². The molecule has 2 saturated heterocycles. The van der Waals surface area contributed by atoms with Crippen LogP contribution in [-0.2, 0) is 0 Å². The molecule has 0 amide bonds. The lowest BCUT2D eigenvalue weighted by molar-refractivity contribution is 0.0824. The number of nitrogens with one attached hydrogen (secondary N) is 1. The summed E-state index contributed by atoms with van der Waals surface area (Å²) >= 11 is 0. The van der Waals surface area contributed by atoms with E-state index in [2.05, 4.69) is 10.3 Å². The zero-order valence-electron chi connectivity index (χ0n) is 11.3. The van der Waals surface area contributed by atoms with Crippen LogP contribution in [0.2, 0.25) is 0 Å². The first-order chi connectivity index (χ1) is 9.26. The van der Waals surface area contributed by atoms with Gasteiger partial charge in [0.15, 0.2) is 5.78 Å². The molecule has 2 bridgehead atoms. The van der Waals surface area contributed by atoms with E-state index in [0.29, 0.717) is 23.5 Å². The number of nitrogens with zero attached hydrogens (tertiary/aromatic N) is 1. The summed E-state index contributed by atoms with van der Waals surface area (Å²) in [7, 11) is 1.58. The predicted molar refractivity (Wildman–Crippen MR) is 72.4 cm³/mol. The van der Waals surface area contributed by atoms with Crippen LogP contribution in [0.1, 0.15) is 42.5 Å². The van der Waals surface area contributed by atoms with Crippen LogP contribution in [0.4, 0.5) is 0 Å². The number of Topliss-reactive ketones (excluding diaryl/α,β-unsaturated/α-hetero) is 1. The van der Waals surface area contributed by atoms with Crippen LogP contribution in [0, 0.1) is 5.92 Å². The van der Waals surface area contributed by atoms with Crippen LogP contribution < -0.4 is 10.1 Å². The van der Waals surface area contributed by atoms with Gasteiger partial charge >= 0.3 is 0 Å². The number of fused-ring (bicyclic) bond motifs is 2. The Morgan fingerprint density at radius 2 is 2.05 bits per heavy atom. The molecule has 102 valence electrons. The SMILES string of the molecule is COc1ccc(C(=O)C2CC3CCCC(C2)N3)cn1. The van der Waals surface area contributed by atoms with Crippen LogP contribution in [0.25, 0.3) is 0 Å². The third-order valence-corrected chi connectivity index (χ3v) is 4.32. The van der Waals surface area contributed by atoms with Crippen LogP contribution in [-0.4, -0.2) is 30.0 Å². The van der Waals surface area contributed by atoms with Gasteiger partial charge in [0.05, 0.1) is 7.11 Å². The van der Waals surface area contributed by atoms with Crippen molar-refractivity contribution in [2.45, 2.75) is 44.2 Å². The van der Waals surface area contributed by atoms with E-state index in [4.69, 9.17) is 4.74 Å². The number of piperidine rings is 2. The number of carbonyl (C=O) groups is 1. The van der Waals surface area contributed by atoms with Crippen LogP contribution in [0.5, 0.6) is 5.88 Å². The highest BCUT2D eigenvalue weighted by atomic mass is 16.5. The maximum atomic E-state index is 12.5. The Morgan fingerprint density at radius 1 is 1.32 bits per heavy atom. The molecule has 1 N–H and O–H groups in total. The molecule has 0 radical (unpaired) electrons. The Labute approximate surface area is 113 Å². The maximum Gasteiger partial charge on any atom is 0.212 e. The molecule has 0 aliphatic carbocycles. The molecule has 19 heavy (non-hydrogen) atoms. The van der Waals surface area contributed by atoms with Crippen molar-refractivity contribution in [3.63, 3.8) is 0 Å². The number of aromatic nitrogens is 1. The van der Waals surface area contributed by atoms with Crippen LogP contribution in [0.3, 0.4) is 0 Å². The fraction of sp³-hybridized carbons (Fsp3) is 0.600. The molecule has 1 aromatic rings. The van der Waals surface area contributed by atoms with E-state index in [1.165, 1.54) is 19.3 Å². The fourth-order valence-corrected chi connectivity index (χ4v) is 3.36. The van der Waals surface area contributed by atoms with Crippen LogP contribution in [0.15, 0.2) is 18.3 Å². The van der Waals surface area contributed by atoms with Gasteiger partial charge in [-0.25, -0.2) is 4.98 Å². The lowest BCUT2D eigenvalue weighted by Crippen LogP contribution is -2.50. The number of hydrogen-bond donors (Lipinski definition) is 1. The van der Waals surface area contributed by atoms with Crippen molar-refractivity contribution in [1.82, 2.24) is 10.3 Å². The number of pyridine rings is 1. The molecule has 3 heterocycles. The van der Waals surface area contributed by atoms with Crippen molar-refractivity contribution < 1.29 is 9.53 Å². The minimum atomic E-state index is 0.159. The molecular weight excluding hydrogens is 240 g/mol. The second-order valence-electron chi connectivity index (χ2n) is 5.61. The molecule has 0 aromatic carbocycles. The van der Waals surface area contributed by atoms with Gasteiger partial charge in [-0.15, -0.1) is 0 Å². The van der Waals surface area contributed by atoms with Gasteiger partial charge in [-0.05, 0) is 31.7 Å². The van der Waals surface area contributed by atoms with E-state index >= 15 is 0 Å². The second-order valence-corrected chi connectivity index (χ2v) is 5.61. The Bertz CT molecular complexity index is 446. The molecule has 2 aliphatic rings. The van der Waals surface area contributed by atoms with Gasteiger partial charge in [0.2, 0.25) is 5.88 Å². The van der Waals surface area contributed by atoms with Crippen molar-refractivity contribution >= 4 is 5.78 Å². The molecule has 4 heteroatoms. The maximum absolute atomic E-state index is 12.5. The lowest BCUT2D eigenvalue weighted by Gasteiger charge is -2.39. The van der Waals surface area contributed by atoms with Gasteiger partial charge in [0.1, 0.15) is 0 Å². The molecule has 2 unspecified atom stereocenters. The molecular formula is C15H20N2O2.